The molecule has 0 bridgehead atoms. The number of methoxy groups -OCH3 is 1. The van der Waals surface area contributed by atoms with Crippen LogP contribution in [0, 0.1) is 11.3 Å². The van der Waals surface area contributed by atoms with Crippen LogP contribution >= 0.6 is 0 Å². The number of hydrogen-bond donors (Lipinski definition) is 1. The lowest BCUT2D eigenvalue weighted by molar-refractivity contribution is -0.135. The molecule has 5 heteroatoms. The number of esters is 1. The van der Waals surface area contributed by atoms with Crippen LogP contribution in [0.3, 0.4) is 0 Å². The van der Waals surface area contributed by atoms with Gasteiger partial charge in [-0.2, -0.15) is 5.26 Å². The highest BCUT2D eigenvalue weighted by Crippen LogP contribution is 2.24. The molecule has 0 fully saturated rings. The molecule has 0 aliphatic rings. The Labute approximate surface area is 118 Å². The van der Waals surface area contributed by atoms with Gasteiger partial charge in [0.2, 0.25) is 0 Å². The summed E-state index contributed by atoms with van der Waals surface area (Å²) in [5, 5.41) is 11.8. The minimum atomic E-state index is -0.676. The van der Waals surface area contributed by atoms with Crippen LogP contribution in [-0.2, 0) is 9.53 Å². The number of unbranched alkanes of at least 4 members (excludes halogenated alkanes) is 1. The van der Waals surface area contributed by atoms with E-state index in [-0.39, 0.29) is 5.57 Å². The quantitative estimate of drug-likeness (QED) is 0.358. The van der Waals surface area contributed by atoms with E-state index in [1.165, 1.54) is 13.3 Å². The third-order valence-corrected chi connectivity index (χ3v) is 2.54. The summed E-state index contributed by atoms with van der Waals surface area (Å²) in [5.41, 5.74) is 0.594. The van der Waals surface area contributed by atoms with Crippen LogP contribution in [0.25, 0.3) is 0 Å². The standard InChI is InChI=1S/C15H18N2O3/c1-3-4-9-20-14-8-6-5-7-13(14)17-11-12(10-16)15(18)19-2/h5-8,11,17H,3-4,9H2,1-2H3/b12-11+. The molecule has 20 heavy (non-hydrogen) atoms. The van der Waals surface area contributed by atoms with E-state index >= 15 is 0 Å². The molecule has 1 aromatic rings. The minimum absolute atomic E-state index is 0.101. The van der Waals surface area contributed by atoms with Gasteiger partial charge in [0, 0.05) is 6.20 Å². The Balaban J connectivity index is 2.79. The van der Waals surface area contributed by atoms with Crippen LogP contribution < -0.4 is 10.1 Å². The zero-order valence-corrected chi connectivity index (χ0v) is 11.7. The SMILES string of the molecule is CCCCOc1ccccc1N/C=C(\C#N)C(=O)OC. The maximum Gasteiger partial charge on any atom is 0.350 e. The molecule has 1 rings (SSSR count). The molecule has 0 aliphatic carbocycles. The summed E-state index contributed by atoms with van der Waals surface area (Å²) >= 11 is 0. The van der Waals surface area contributed by atoms with Crippen molar-refractivity contribution in [3.63, 3.8) is 0 Å². The molecular formula is C15H18N2O3. The molecule has 0 radical (unpaired) electrons. The Hall–Kier alpha value is -2.48. The Bertz CT molecular complexity index is 518. The van der Waals surface area contributed by atoms with Crippen LogP contribution in [0.4, 0.5) is 5.69 Å². The lowest BCUT2D eigenvalue weighted by atomic mass is 10.2. The van der Waals surface area contributed by atoms with Crippen molar-refractivity contribution in [2.75, 3.05) is 19.0 Å². The van der Waals surface area contributed by atoms with E-state index in [9.17, 15) is 4.79 Å². The third kappa shape index (κ3) is 4.65. The second-order valence-corrected chi connectivity index (χ2v) is 4.00. The Morgan fingerprint density at radius 2 is 2.20 bits per heavy atom. The number of hydrogen-bond acceptors (Lipinski definition) is 5. The summed E-state index contributed by atoms with van der Waals surface area (Å²) in [6, 6.07) is 9.12. The zero-order chi connectivity index (χ0) is 14.8. The van der Waals surface area contributed by atoms with E-state index in [0.29, 0.717) is 18.0 Å². The van der Waals surface area contributed by atoms with Crippen molar-refractivity contribution in [2.24, 2.45) is 0 Å². The summed E-state index contributed by atoms with van der Waals surface area (Å²) < 4.78 is 10.1. The van der Waals surface area contributed by atoms with E-state index in [0.717, 1.165) is 12.8 Å². The van der Waals surface area contributed by atoms with Crippen molar-refractivity contribution in [3.8, 4) is 11.8 Å². The molecule has 1 aromatic carbocycles. The van der Waals surface area contributed by atoms with Crippen molar-refractivity contribution in [1.82, 2.24) is 0 Å². The first kappa shape index (κ1) is 15.6. The number of anilines is 1. The molecule has 0 aliphatic heterocycles. The lowest BCUT2D eigenvalue weighted by Gasteiger charge is -2.10. The van der Waals surface area contributed by atoms with Crippen molar-refractivity contribution in [3.05, 3.63) is 36.0 Å². The minimum Gasteiger partial charge on any atom is -0.491 e. The fraction of sp³-hybridized carbons (Fsp3) is 0.333. The molecule has 0 saturated heterocycles. The number of nitrogens with one attached hydrogen (secondary N) is 1. The van der Waals surface area contributed by atoms with Crippen LogP contribution in [0.1, 0.15) is 19.8 Å². The molecule has 0 aromatic heterocycles. The number of carbonyl (C=O) groups is 1. The van der Waals surface area contributed by atoms with Crippen LogP contribution in [0.5, 0.6) is 5.75 Å². The average Bonchev–Trinajstić information content (AvgIpc) is 2.49. The summed E-state index contributed by atoms with van der Waals surface area (Å²) in [4.78, 5) is 11.3. The Kier molecular flexibility index (Phi) is 6.69. The van der Waals surface area contributed by atoms with Gasteiger partial charge in [-0.25, -0.2) is 4.79 Å². The Morgan fingerprint density at radius 1 is 1.45 bits per heavy atom. The van der Waals surface area contributed by atoms with Crippen molar-refractivity contribution >= 4 is 11.7 Å². The van der Waals surface area contributed by atoms with Crippen LogP contribution in [0.15, 0.2) is 36.0 Å². The van der Waals surface area contributed by atoms with Crippen molar-refractivity contribution in [2.45, 2.75) is 19.8 Å². The topological polar surface area (TPSA) is 71.3 Å². The highest BCUT2D eigenvalue weighted by Gasteiger charge is 2.08. The van der Waals surface area contributed by atoms with E-state index in [1.54, 1.807) is 6.07 Å². The van der Waals surface area contributed by atoms with E-state index in [1.807, 2.05) is 24.3 Å². The summed E-state index contributed by atoms with van der Waals surface area (Å²) in [5.74, 6) is 0.00346. The maximum atomic E-state index is 11.3. The Morgan fingerprint density at radius 3 is 2.85 bits per heavy atom. The summed E-state index contributed by atoms with van der Waals surface area (Å²) in [6.45, 7) is 2.72. The number of benzene rings is 1. The monoisotopic (exact) mass is 274 g/mol. The predicted molar refractivity (Wildman–Crippen MR) is 76.2 cm³/mol. The molecule has 0 amide bonds. The van der Waals surface area contributed by atoms with E-state index in [4.69, 9.17) is 10.00 Å². The number of rotatable bonds is 7. The van der Waals surface area contributed by atoms with Gasteiger partial charge in [-0.15, -0.1) is 0 Å². The van der Waals surface area contributed by atoms with E-state index < -0.39 is 5.97 Å². The maximum absolute atomic E-state index is 11.3. The number of para-hydroxylation sites is 2. The largest absolute Gasteiger partial charge is 0.491 e. The molecule has 0 saturated carbocycles. The normalized spacial score (nSPS) is 10.6. The highest BCUT2D eigenvalue weighted by molar-refractivity contribution is 5.93. The van der Waals surface area contributed by atoms with Gasteiger partial charge in [0.05, 0.1) is 19.4 Å². The van der Waals surface area contributed by atoms with Gasteiger partial charge >= 0.3 is 5.97 Å². The molecule has 0 spiro atoms. The fourth-order valence-corrected chi connectivity index (χ4v) is 1.43. The molecule has 5 nitrogen and oxygen atoms in total. The molecule has 1 N–H and O–H groups in total. The first-order valence-corrected chi connectivity index (χ1v) is 6.39. The average molecular weight is 274 g/mol. The van der Waals surface area contributed by atoms with E-state index in [2.05, 4.69) is 17.0 Å². The van der Waals surface area contributed by atoms with Crippen molar-refractivity contribution < 1.29 is 14.3 Å². The third-order valence-electron chi connectivity index (χ3n) is 2.54. The van der Waals surface area contributed by atoms with Crippen LogP contribution in [0.2, 0.25) is 0 Å². The number of nitriles is 1. The van der Waals surface area contributed by atoms with Gasteiger partial charge in [0.1, 0.15) is 11.8 Å². The zero-order valence-electron chi connectivity index (χ0n) is 11.7. The number of carbonyl (C=O) groups excluding carboxylic acids is 1. The molecule has 106 valence electrons. The van der Waals surface area contributed by atoms with Gasteiger partial charge in [-0.1, -0.05) is 25.5 Å². The fourth-order valence-electron chi connectivity index (χ4n) is 1.43. The van der Waals surface area contributed by atoms with Crippen molar-refractivity contribution in [1.29, 1.82) is 5.26 Å². The molecule has 0 atom stereocenters. The van der Waals surface area contributed by atoms with Gasteiger partial charge in [0.25, 0.3) is 0 Å². The van der Waals surface area contributed by atoms with Crippen LogP contribution in [-0.4, -0.2) is 19.7 Å². The first-order chi connectivity index (χ1) is 9.72. The highest BCUT2D eigenvalue weighted by atomic mass is 16.5. The molecular weight excluding hydrogens is 256 g/mol. The summed E-state index contributed by atoms with van der Waals surface area (Å²) in [6.07, 6.45) is 3.33. The number of nitrogens with zero attached hydrogens (tertiary/aromatic N) is 1. The second kappa shape index (κ2) is 8.59. The van der Waals surface area contributed by atoms with Gasteiger partial charge in [-0.3, -0.25) is 0 Å². The lowest BCUT2D eigenvalue weighted by Crippen LogP contribution is -2.06. The predicted octanol–water partition coefficient (Wildman–Crippen LogP) is 2.86. The summed E-state index contributed by atoms with van der Waals surface area (Å²) in [7, 11) is 1.23. The first-order valence-electron chi connectivity index (χ1n) is 6.39. The smallest absolute Gasteiger partial charge is 0.350 e. The molecule has 0 unspecified atom stereocenters. The van der Waals surface area contributed by atoms with Gasteiger partial charge in [-0.05, 0) is 18.6 Å². The second-order valence-electron chi connectivity index (χ2n) is 4.00. The molecule has 0 heterocycles. The number of ether oxygens (including phenoxy) is 2. The van der Waals surface area contributed by atoms with Gasteiger partial charge < -0.3 is 14.8 Å². The van der Waals surface area contributed by atoms with Gasteiger partial charge in [0.15, 0.2) is 5.57 Å².